The summed E-state index contributed by atoms with van der Waals surface area (Å²) in [4.78, 5) is 24.1. The van der Waals surface area contributed by atoms with Crippen LogP contribution in [0.5, 0.6) is 11.5 Å². The highest BCUT2D eigenvalue weighted by Crippen LogP contribution is 2.30. The minimum absolute atomic E-state index is 0.136. The number of fused-ring (bicyclic) bond motifs is 2. The molecule has 1 aliphatic carbocycles. The van der Waals surface area contributed by atoms with Crippen LogP contribution in [-0.4, -0.2) is 37.5 Å². The van der Waals surface area contributed by atoms with Crippen LogP contribution in [0.1, 0.15) is 28.8 Å². The van der Waals surface area contributed by atoms with Crippen LogP contribution >= 0.6 is 0 Å². The fourth-order valence-electron chi connectivity index (χ4n) is 3.37. The van der Waals surface area contributed by atoms with Gasteiger partial charge in [0.05, 0.1) is 13.1 Å². The molecular weight excluding hydrogens is 344 g/mol. The van der Waals surface area contributed by atoms with E-state index < -0.39 is 0 Å². The van der Waals surface area contributed by atoms with Crippen molar-refractivity contribution in [3.63, 3.8) is 0 Å². The third kappa shape index (κ3) is 4.05. The number of ether oxygens (including phenoxy) is 2. The van der Waals surface area contributed by atoms with Crippen molar-refractivity contribution in [2.24, 2.45) is 0 Å². The zero-order valence-electron chi connectivity index (χ0n) is 15.0. The number of anilines is 1. The van der Waals surface area contributed by atoms with Crippen LogP contribution in [0.4, 0.5) is 5.69 Å². The van der Waals surface area contributed by atoms with Gasteiger partial charge in [0.1, 0.15) is 12.7 Å². The third-order valence-corrected chi connectivity index (χ3v) is 4.81. The predicted octanol–water partition coefficient (Wildman–Crippen LogP) is 2.57. The average molecular weight is 366 g/mol. The summed E-state index contributed by atoms with van der Waals surface area (Å²) < 4.78 is 11.5. The summed E-state index contributed by atoms with van der Waals surface area (Å²) in [6.45, 7) is 0.909. The molecule has 1 heterocycles. The molecule has 1 amide bonds. The highest BCUT2D eigenvalue weighted by Gasteiger charge is 2.21. The first-order chi connectivity index (χ1) is 13.2. The minimum atomic E-state index is -0.217. The minimum Gasteiger partial charge on any atom is -0.486 e. The summed E-state index contributed by atoms with van der Waals surface area (Å²) in [5.74, 6) is 1.46. The molecule has 1 unspecified atom stereocenters. The zero-order valence-corrected chi connectivity index (χ0v) is 15.0. The number of benzene rings is 2. The summed E-state index contributed by atoms with van der Waals surface area (Å²) in [6, 6.07) is 13.2. The second-order valence-corrected chi connectivity index (χ2v) is 6.80. The molecule has 0 aromatic heterocycles. The first-order valence-corrected chi connectivity index (χ1v) is 9.24. The number of nitrogens with one attached hydrogen (secondary N) is 2. The van der Waals surface area contributed by atoms with Gasteiger partial charge in [-0.3, -0.25) is 9.59 Å². The Bertz CT molecular complexity index is 865. The molecule has 2 aromatic carbocycles. The molecule has 140 valence electrons. The van der Waals surface area contributed by atoms with E-state index in [1.165, 1.54) is 0 Å². The zero-order chi connectivity index (χ0) is 18.6. The van der Waals surface area contributed by atoms with Gasteiger partial charge in [0, 0.05) is 17.7 Å². The Labute approximate surface area is 157 Å². The maximum absolute atomic E-state index is 12.1. The number of hydrogen-bond acceptors (Lipinski definition) is 5. The van der Waals surface area contributed by atoms with Crippen LogP contribution in [0, 0.1) is 0 Å². The largest absolute Gasteiger partial charge is 0.486 e. The molecule has 0 saturated carbocycles. The van der Waals surface area contributed by atoms with E-state index in [0.29, 0.717) is 25.3 Å². The Morgan fingerprint density at radius 1 is 1.11 bits per heavy atom. The van der Waals surface area contributed by atoms with E-state index in [9.17, 15) is 9.59 Å². The summed E-state index contributed by atoms with van der Waals surface area (Å²) in [5.41, 5.74) is 2.65. The predicted molar refractivity (Wildman–Crippen MR) is 102 cm³/mol. The van der Waals surface area contributed by atoms with Crippen molar-refractivity contribution >= 4 is 17.4 Å². The lowest BCUT2D eigenvalue weighted by Gasteiger charge is -2.26. The van der Waals surface area contributed by atoms with E-state index >= 15 is 0 Å². The van der Waals surface area contributed by atoms with E-state index in [4.69, 9.17) is 9.47 Å². The van der Waals surface area contributed by atoms with E-state index in [1.54, 1.807) is 0 Å². The summed E-state index contributed by atoms with van der Waals surface area (Å²) >= 11 is 0. The standard InChI is InChI=1S/C21H22N2O4/c24-18-5-3-4-14-8-9-15(10-17(14)18)22-12-21(25)23-11-16-13-26-19-6-1-2-7-20(19)27-16/h1-2,6-10,16,22H,3-5,11-13H2,(H,23,25). The van der Waals surface area contributed by atoms with Crippen LogP contribution in [-0.2, 0) is 11.2 Å². The molecule has 0 saturated heterocycles. The number of ketones is 1. The van der Waals surface area contributed by atoms with Gasteiger partial charge >= 0.3 is 0 Å². The van der Waals surface area contributed by atoms with E-state index in [0.717, 1.165) is 35.4 Å². The van der Waals surface area contributed by atoms with Crippen molar-refractivity contribution in [3.05, 3.63) is 53.6 Å². The van der Waals surface area contributed by atoms with Gasteiger partial charge in [-0.15, -0.1) is 0 Å². The molecular formula is C21H22N2O4. The van der Waals surface area contributed by atoms with Gasteiger partial charge in [0.2, 0.25) is 5.91 Å². The summed E-state index contributed by atoms with van der Waals surface area (Å²) in [5, 5.41) is 5.93. The fourth-order valence-corrected chi connectivity index (χ4v) is 3.37. The lowest BCUT2D eigenvalue weighted by atomic mass is 9.90. The number of aryl methyl sites for hydroxylation is 1. The molecule has 2 aliphatic rings. The summed E-state index contributed by atoms with van der Waals surface area (Å²) in [7, 11) is 0. The second kappa shape index (κ2) is 7.70. The quantitative estimate of drug-likeness (QED) is 0.851. The van der Waals surface area contributed by atoms with Gasteiger partial charge in [-0.25, -0.2) is 0 Å². The number of carbonyl (C=O) groups is 2. The van der Waals surface area contributed by atoms with E-state index in [1.807, 2.05) is 42.5 Å². The van der Waals surface area contributed by atoms with Crippen LogP contribution < -0.4 is 20.1 Å². The highest BCUT2D eigenvalue weighted by atomic mass is 16.6. The number of amides is 1. The van der Waals surface area contributed by atoms with Crippen LogP contribution in [0.15, 0.2) is 42.5 Å². The van der Waals surface area contributed by atoms with Crippen molar-refractivity contribution in [2.45, 2.75) is 25.4 Å². The van der Waals surface area contributed by atoms with Crippen molar-refractivity contribution in [1.29, 1.82) is 0 Å². The molecule has 2 aromatic rings. The molecule has 1 atom stereocenters. The molecule has 4 rings (SSSR count). The SMILES string of the molecule is O=C(CNc1ccc2c(c1)C(=O)CCC2)NCC1COc2ccccc2O1. The molecule has 0 spiro atoms. The highest BCUT2D eigenvalue weighted by molar-refractivity contribution is 5.99. The van der Waals surface area contributed by atoms with Gasteiger partial charge in [-0.1, -0.05) is 18.2 Å². The van der Waals surface area contributed by atoms with E-state index in [-0.39, 0.29) is 24.3 Å². The van der Waals surface area contributed by atoms with Crippen molar-refractivity contribution in [1.82, 2.24) is 5.32 Å². The maximum Gasteiger partial charge on any atom is 0.239 e. The molecule has 27 heavy (non-hydrogen) atoms. The Hall–Kier alpha value is -3.02. The van der Waals surface area contributed by atoms with Crippen LogP contribution in [0.25, 0.3) is 0 Å². The molecule has 0 bridgehead atoms. The number of carbonyl (C=O) groups excluding carboxylic acids is 2. The van der Waals surface area contributed by atoms with Gasteiger partial charge in [0.15, 0.2) is 17.3 Å². The maximum atomic E-state index is 12.1. The first-order valence-electron chi connectivity index (χ1n) is 9.24. The molecule has 0 fully saturated rings. The Kier molecular flexibility index (Phi) is 4.96. The van der Waals surface area contributed by atoms with Crippen molar-refractivity contribution in [2.75, 3.05) is 25.0 Å². The topological polar surface area (TPSA) is 76.7 Å². The normalized spacial score (nSPS) is 17.8. The van der Waals surface area contributed by atoms with Gasteiger partial charge < -0.3 is 20.1 Å². The Balaban J connectivity index is 1.26. The number of hydrogen-bond donors (Lipinski definition) is 2. The molecule has 0 radical (unpaired) electrons. The average Bonchev–Trinajstić information content (AvgIpc) is 2.71. The lowest BCUT2D eigenvalue weighted by molar-refractivity contribution is -0.119. The monoisotopic (exact) mass is 366 g/mol. The lowest BCUT2D eigenvalue weighted by Crippen LogP contribution is -2.42. The third-order valence-electron chi connectivity index (χ3n) is 4.81. The molecule has 6 nitrogen and oxygen atoms in total. The van der Waals surface area contributed by atoms with E-state index in [2.05, 4.69) is 10.6 Å². The second-order valence-electron chi connectivity index (χ2n) is 6.80. The van der Waals surface area contributed by atoms with Gasteiger partial charge in [-0.05, 0) is 42.7 Å². The Morgan fingerprint density at radius 2 is 1.96 bits per heavy atom. The molecule has 2 N–H and O–H groups in total. The number of para-hydroxylation sites is 2. The Morgan fingerprint density at radius 3 is 2.85 bits per heavy atom. The van der Waals surface area contributed by atoms with Gasteiger partial charge in [0.25, 0.3) is 0 Å². The van der Waals surface area contributed by atoms with Crippen molar-refractivity contribution in [3.8, 4) is 11.5 Å². The molecule has 6 heteroatoms. The first kappa shape index (κ1) is 17.4. The molecule has 1 aliphatic heterocycles. The summed E-state index contributed by atoms with van der Waals surface area (Å²) in [6.07, 6.45) is 2.24. The fraction of sp³-hybridized carbons (Fsp3) is 0.333. The van der Waals surface area contributed by atoms with Crippen LogP contribution in [0.2, 0.25) is 0 Å². The number of Topliss-reactive ketones (excluding diaryl/α,β-unsaturated/α-hetero) is 1. The van der Waals surface area contributed by atoms with Crippen molar-refractivity contribution < 1.29 is 19.1 Å². The van der Waals surface area contributed by atoms with Crippen LogP contribution in [0.3, 0.4) is 0 Å². The smallest absolute Gasteiger partial charge is 0.239 e. The van der Waals surface area contributed by atoms with Gasteiger partial charge in [-0.2, -0.15) is 0 Å². The number of rotatable bonds is 5.